The van der Waals surface area contributed by atoms with Crippen molar-refractivity contribution in [3.63, 3.8) is 0 Å². The van der Waals surface area contributed by atoms with Crippen molar-refractivity contribution in [1.82, 2.24) is 0 Å². The van der Waals surface area contributed by atoms with Gasteiger partial charge >= 0.3 is 0 Å². The minimum atomic E-state index is -0.318. The molecule has 162 valence electrons. The summed E-state index contributed by atoms with van der Waals surface area (Å²) in [5.41, 5.74) is 2.56. The van der Waals surface area contributed by atoms with Crippen LogP contribution in [0.1, 0.15) is 85.1 Å². The van der Waals surface area contributed by atoms with Crippen molar-refractivity contribution in [3.8, 4) is 0 Å². The summed E-state index contributed by atoms with van der Waals surface area (Å²) in [6, 6.07) is 10.9. The molecule has 0 bridgehead atoms. The van der Waals surface area contributed by atoms with Gasteiger partial charge in [-0.3, -0.25) is 10.1 Å². The van der Waals surface area contributed by atoms with Crippen LogP contribution in [0.4, 0.5) is 0 Å². The predicted molar refractivity (Wildman–Crippen MR) is 124 cm³/mol. The molecular weight excluding hydrogens is 358 g/mol. The zero-order chi connectivity index (χ0) is 21.6. The van der Waals surface area contributed by atoms with E-state index in [0.29, 0.717) is 0 Å². The average molecular weight is 400 g/mol. The fourth-order valence-corrected chi connectivity index (χ4v) is 3.90. The first kappa shape index (κ1) is 25.1. The van der Waals surface area contributed by atoms with E-state index in [2.05, 4.69) is 37.3 Å². The maximum Gasteiger partial charge on any atom is 0.268 e. The minimum absolute atomic E-state index is 0.224. The second-order valence-electron chi connectivity index (χ2n) is 8.69. The number of hydrogen-bond acceptors (Lipinski definition) is 2. The molecule has 0 saturated heterocycles. The molecule has 2 rings (SSSR count). The van der Waals surface area contributed by atoms with Crippen LogP contribution in [0.5, 0.6) is 0 Å². The number of benzene rings is 1. The third kappa shape index (κ3) is 9.92. The Hall–Kier alpha value is -1.90. The first-order valence-corrected chi connectivity index (χ1v) is 11.4. The van der Waals surface area contributed by atoms with Crippen LogP contribution in [0.3, 0.4) is 0 Å². The van der Waals surface area contributed by atoms with Crippen LogP contribution < -0.4 is 0 Å². The Morgan fingerprint density at radius 3 is 2.31 bits per heavy atom. The fraction of sp³-hybridized carbons (Fsp3) is 0.615. The van der Waals surface area contributed by atoms with Crippen LogP contribution in [-0.4, -0.2) is 4.92 Å². The largest absolute Gasteiger partial charge is 0.268 e. The third-order valence-electron chi connectivity index (χ3n) is 6.15. The lowest BCUT2D eigenvalue weighted by Crippen LogP contribution is -2.07. The Kier molecular flexibility index (Phi) is 12.3. The highest BCUT2D eigenvalue weighted by atomic mass is 16.6. The molecule has 1 unspecified atom stereocenters. The standard InChI is InChI=1S/C16H24.C10H17NO2/c1-14(16-12-5-6-13-16)8-7-11-15-9-3-2-4-10-15;1-5-6-7-10(11(12)13)9(4)8(2)3/h2-4,9-10,14,16H,5-8,11-13H2,1H3;6-8H,5H2,1-4H3/b;7-6-,10-9+. The maximum atomic E-state index is 10.6. The van der Waals surface area contributed by atoms with Gasteiger partial charge in [-0.15, -0.1) is 0 Å². The quantitative estimate of drug-likeness (QED) is 0.240. The molecule has 1 aliphatic carbocycles. The fourth-order valence-electron chi connectivity index (χ4n) is 3.90. The number of allylic oxidation sites excluding steroid dienone is 3. The molecule has 1 aliphatic rings. The van der Waals surface area contributed by atoms with Gasteiger partial charge in [0.05, 0.1) is 4.92 Å². The van der Waals surface area contributed by atoms with Gasteiger partial charge in [-0.25, -0.2) is 0 Å². The van der Waals surface area contributed by atoms with Gasteiger partial charge in [0, 0.05) is 11.6 Å². The first-order chi connectivity index (χ1) is 13.9. The maximum absolute atomic E-state index is 10.6. The first-order valence-electron chi connectivity index (χ1n) is 11.4. The monoisotopic (exact) mass is 399 g/mol. The van der Waals surface area contributed by atoms with Gasteiger partial charge < -0.3 is 0 Å². The third-order valence-corrected chi connectivity index (χ3v) is 6.15. The molecule has 29 heavy (non-hydrogen) atoms. The average Bonchev–Trinajstić information content (AvgIpc) is 3.24. The van der Waals surface area contributed by atoms with Crippen molar-refractivity contribution < 1.29 is 4.92 Å². The zero-order valence-corrected chi connectivity index (χ0v) is 19.2. The molecule has 1 fully saturated rings. The summed E-state index contributed by atoms with van der Waals surface area (Å²) in [4.78, 5) is 10.3. The summed E-state index contributed by atoms with van der Waals surface area (Å²) >= 11 is 0. The Labute approximate surface area is 178 Å². The van der Waals surface area contributed by atoms with E-state index in [4.69, 9.17) is 0 Å². The molecule has 0 spiro atoms. The van der Waals surface area contributed by atoms with Crippen LogP contribution in [0.25, 0.3) is 0 Å². The smallest absolute Gasteiger partial charge is 0.258 e. The molecule has 1 atom stereocenters. The highest BCUT2D eigenvalue weighted by Gasteiger charge is 2.20. The lowest BCUT2D eigenvalue weighted by Gasteiger charge is -2.18. The van der Waals surface area contributed by atoms with E-state index in [0.717, 1.165) is 23.8 Å². The van der Waals surface area contributed by atoms with Gasteiger partial charge in [0.1, 0.15) is 0 Å². The summed E-state index contributed by atoms with van der Waals surface area (Å²) in [5, 5.41) is 10.6. The van der Waals surface area contributed by atoms with Crippen molar-refractivity contribution in [1.29, 1.82) is 0 Å². The van der Waals surface area contributed by atoms with Crippen LogP contribution in [0, 0.1) is 27.9 Å². The predicted octanol–water partition coefficient (Wildman–Crippen LogP) is 7.99. The van der Waals surface area contributed by atoms with Crippen molar-refractivity contribution in [2.24, 2.45) is 17.8 Å². The van der Waals surface area contributed by atoms with E-state index in [1.165, 1.54) is 50.5 Å². The van der Waals surface area contributed by atoms with E-state index < -0.39 is 0 Å². The normalized spacial score (nSPS) is 16.5. The van der Waals surface area contributed by atoms with Crippen molar-refractivity contribution >= 4 is 0 Å². The molecule has 0 aliphatic heterocycles. The lowest BCUT2D eigenvalue weighted by atomic mass is 9.88. The Morgan fingerprint density at radius 1 is 1.17 bits per heavy atom. The van der Waals surface area contributed by atoms with Gasteiger partial charge in [-0.2, -0.15) is 0 Å². The number of aryl methyl sites for hydroxylation is 1. The minimum Gasteiger partial charge on any atom is -0.258 e. The van der Waals surface area contributed by atoms with Crippen molar-refractivity contribution in [2.45, 2.75) is 86.0 Å². The summed E-state index contributed by atoms with van der Waals surface area (Å²) in [7, 11) is 0. The molecule has 0 N–H and O–H groups in total. The van der Waals surface area contributed by atoms with E-state index in [-0.39, 0.29) is 16.5 Å². The van der Waals surface area contributed by atoms with Gasteiger partial charge in [0.2, 0.25) is 0 Å². The number of nitrogens with zero attached hydrogens (tertiary/aromatic N) is 1. The molecule has 1 aromatic rings. The molecule has 1 saturated carbocycles. The van der Waals surface area contributed by atoms with Gasteiger partial charge in [0.15, 0.2) is 0 Å². The lowest BCUT2D eigenvalue weighted by molar-refractivity contribution is -0.420. The molecule has 0 heterocycles. The Bertz CT molecular complexity index is 640. The van der Waals surface area contributed by atoms with Crippen LogP contribution in [0.2, 0.25) is 0 Å². The Balaban J connectivity index is 0.000000298. The van der Waals surface area contributed by atoms with Gasteiger partial charge in [-0.05, 0) is 49.5 Å². The molecule has 3 nitrogen and oxygen atoms in total. The molecule has 0 radical (unpaired) electrons. The SMILES string of the molecule is CC(CCCc1ccccc1)C1CCCC1.CC/C=C\C(=C(\C)C(C)C)[N+](=O)[O-]. The van der Waals surface area contributed by atoms with Crippen LogP contribution in [0.15, 0.2) is 53.8 Å². The summed E-state index contributed by atoms with van der Waals surface area (Å²) < 4.78 is 0. The molecular formula is C26H41NO2. The zero-order valence-electron chi connectivity index (χ0n) is 19.2. The van der Waals surface area contributed by atoms with Gasteiger partial charge in [0.25, 0.3) is 5.70 Å². The second-order valence-corrected chi connectivity index (χ2v) is 8.69. The van der Waals surface area contributed by atoms with E-state index in [1.807, 2.05) is 33.8 Å². The summed E-state index contributed by atoms with van der Waals surface area (Å²) in [6.45, 7) is 10.1. The van der Waals surface area contributed by atoms with E-state index >= 15 is 0 Å². The topological polar surface area (TPSA) is 43.1 Å². The number of nitro groups is 1. The molecule has 0 amide bonds. The highest BCUT2D eigenvalue weighted by Crippen LogP contribution is 2.33. The number of hydrogen-bond donors (Lipinski definition) is 0. The van der Waals surface area contributed by atoms with Crippen LogP contribution in [-0.2, 0) is 6.42 Å². The van der Waals surface area contributed by atoms with Gasteiger partial charge in [-0.1, -0.05) is 96.2 Å². The highest BCUT2D eigenvalue weighted by molar-refractivity contribution is 5.19. The van der Waals surface area contributed by atoms with Crippen LogP contribution >= 0.6 is 0 Å². The van der Waals surface area contributed by atoms with Crippen molar-refractivity contribution in [2.75, 3.05) is 0 Å². The second kappa shape index (κ2) is 14.1. The Morgan fingerprint density at radius 2 is 1.79 bits per heavy atom. The molecule has 1 aromatic carbocycles. The summed E-state index contributed by atoms with van der Waals surface area (Å²) in [5.74, 6) is 2.21. The number of rotatable bonds is 9. The van der Waals surface area contributed by atoms with E-state index in [9.17, 15) is 10.1 Å². The van der Waals surface area contributed by atoms with E-state index in [1.54, 1.807) is 6.08 Å². The van der Waals surface area contributed by atoms with Crippen molar-refractivity contribution in [3.05, 3.63) is 69.4 Å². The molecule has 3 heteroatoms. The molecule has 0 aromatic heterocycles. The summed E-state index contributed by atoms with van der Waals surface area (Å²) in [6.07, 6.45) is 14.2.